The zero-order valence-corrected chi connectivity index (χ0v) is 12.5. The van der Waals surface area contributed by atoms with E-state index in [-0.39, 0.29) is 5.91 Å². The van der Waals surface area contributed by atoms with Crippen LogP contribution < -0.4 is 10.6 Å². The van der Waals surface area contributed by atoms with Gasteiger partial charge >= 0.3 is 0 Å². The van der Waals surface area contributed by atoms with E-state index in [1.165, 1.54) is 11.1 Å². The molecule has 1 aliphatic heterocycles. The predicted octanol–water partition coefficient (Wildman–Crippen LogP) is 2.06. The van der Waals surface area contributed by atoms with E-state index in [2.05, 4.69) is 29.9 Å². The van der Waals surface area contributed by atoms with Gasteiger partial charge in [0.15, 0.2) is 0 Å². The van der Waals surface area contributed by atoms with Crippen LogP contribution in [0.1, 0.15) is 28.4 Å². The minimum absolute atomic E-state index is 0.0429. The molecule has 4 heteroatoms. The summed E-state index contributed by atoms with van der Waals surface area (Å²) in [6, 6.07) is 6.06. The van der Waals surface area contributed by atoms with Crippen LogP contribution in [0.4, 0.5) is 0 Å². The Kier molecular flexibility index (Phi) is 5.28. The monoisotopic (exact) mass is 278 g/mol. The second kappa shape index (κ2) is 6.96. The summed E-state index contributed by atoms with van der Waals surface area (Å²) in [5, 5.41) is 6.36. The third-order valence-electron chi connectivity index (χ3n) is 3.42. The van der Waals surface area contributed by atoms with Gasteiger partial charge in [-0.15, -0.1) is 0 Å². The van der Waals surface area contributed by atoms with Gasteiger partial charge in [0.25, 0.3) is 5.91 Å². The molecule has 19 heavy (non-hydrogen) atoms. The second-order valence-electron chi connectivity index (χ2n) is 5.18. The normalized spacial score (nSPS) is 15.7. The third-order valence-corrected chi connectivity index (χ3v) is 4.32. The van der Waals surface area contributed by atoms with E-state index < -0.39 is 0 Å². The molecule has 2 N–H and O–H groups in total. The summed E-state index contributed by atoms with van der Waals surface area (Å²) in [6.07, 6.45) is 3.15. The predicted molar refractivity (Wildman–Crippen MR) is 81.7 cm³/mol. The van der Waals surface area contributed by atoms with Crippen molar-refractivity contribution in [1.29, 1.82) is 0 Å². The fourth-order valence-corrected chi connectivity index (χ4v) is 3.02. The zero-order chi connectivity index (χ0) is 13.7. The molecule has 0 bridgehead atoms. The lowest BCUT2D eigenvalue weighted by atomic mass is 9.98. The van der Waals surface area contributed by atoms with Crippen molar-refractivity contribution in [3.05, 3.63) is 34.9 Å². The van der Waals surface area contributed by atoms with Crippen LogP contribution >= 0.6 is 11.8 Å². The molecule has 1 aromatic carbocycles. The highest BCUT2D eigenvalue weighted by atomic mass is 32.2. The molecule has 1 atom stereocenters. The van der Waals surface area contributed by atoms with Crippen molar-refractivity contribution in [3.63, 3.8) is 0 Å². The van der Waals surface area contributed by atoms with E-state index in [1.54, 1.807) is 0 Å². The Labute approximate surface area is 119 Å². The Morgan fingerprint density at radius 1 is 1.47 bits per heavy atom. The quantitative estimate of drug-likeness (QED) is 0.866. The van der Waals surface area contributed by atoms with Crippen molar-refractivity contribution in [2.75, 3.05) is 25.1 Å². The smallest absolute Gasteiger partial charge is 0.251 e. The molecule has 0 saturated heterocycles. The number of amides is 1. The molecule has 1 heterocycles. The molecule has 1 unspecified atom stereocenters. The standard InChI is InChI=1S/C15H22N2OS/c1-11(10-19-2)8-17-15(18)13-4-3-12-5-6-16-9-14(12)7-13/h3-4,7,11,16H,5-6,8-10H2,1-2H3,(H,17,18). The number of benzene rings is 1. The summed E-state index contributed by atoms with van der Waals surface area (Å²) in [6.45, 7) is 4.81. The number of hydrogen-bond acceptors (Lipinski definition) is 3. The van der Waals surface area contributed by atoms with Gasteiger partial charge in [0.2, 0.25) is 0 Å². The van der Waals surface area contributed by atoms with Gasteiger partial charge in [0.05, 0.1) is 0 Å². The first-order valence-corrected chi connectivity index (χ1v) is 8.19. The van der Waals surface area contributed by atoms with Crippen molar-refractivity contribution >= 4 is 17.7 Å². The Balaban J connectivity index is 1.95. The average molecular weight is 278 g/mol. The zero-order valence-electron chi connectivity index (χ0n) is 11.7. The maximum Gasteiger partial charge on any atom is 0.251 e. The van der Waals surface area contributed by atoms with Gasteiger partial charge < -0.3 is 10.6 Å². The van der Waals surface area contributed by atoms with Crippen molar-refractivity contribution in [3.8, 4) is 0 Å². The molecule has 0 radical (unpaired) electrons. The highest BCUT2D eigenvalue weighted by molar-refractivity contribution is 7.98. The van der Waals surface area contributed by atoms with E-state index in [9.17, 15) is 4.79 Å². The Bertz CT molecular complexity index is 448. The van der Waals surface area contributed by atoms with E-state index >= 15 is 0 Å². The molecule has 0 aliphatic carbocycles. The van der Waals surface area contributed by atoms with Gasteiger partial charge in [0, 0.05) is 18.7 Å². The molecule has 1 aromatic rings. The van der Waals surface area contributed by atoms with Gasteiger partial charge in [-0.3, -0.25) is 4.79 Å². The lowest BCUT2D eigenvalue weighted by Crippen LogP contribution is -2.30. The number of thioether (sulfide) groups is 1. The molecule has 0 saturated carbocycles. The molecular formula is C15H22N2OS. The van der Waals surface area contributed by atoms with Crippen LogP contribution in [0.2, 0.25) is 0 Å². The maximum atomic E-state index is 12.1. The first kappa shape index (κ1) is 14.4. The SMILES string of the molecule is CSCC(C)CNC(=O)c1ccc2c(c1)CNCC2. The number of carbonyl (C=O) groups is 1. The maximum absolute atomic E-state index is 12.1. The molecule has 2 rings (SSSR count). The largest absolute Gasteiger partial charge is 0.352 e. The van der Waals surface area contributed by atoms with E-state index in [0.717, 1.165) is 37.4 Å². The summed E-state index contributed by atoms with van der Waals surface area (Å²) >= 11 is 1.82. The van der Waals surface area contributed by atoms with Crippen LogP contribution in [0.15, 0.2) is 18.2 Å². The minimum atomic E-state index is 0.0429. The highest BCUT2D eigenvalue weighted by Crippen LogP contribution is 2.16. The van der Waals surface area contributed by atoms with Crippen molar-refractivity contribution in [2.24, 2.45) is 5.92 Å². The van der Waals surface area contributed by atoms with Crippen LogP contribution in [0.3, 0.4) is 0 Å². The molecule has 1 aliphatic rings. The summed E-state index contributed by atoms with van der Waals surface area (Å²) in [7, 11) is 0. The van der Waals surface area contributed by atoms with Crippen LogP contribution in [0.25, 0.3) is 0 Å². The van der Waals surface area contributed by atoms with E-state index in [0.29, 0.717) is 5.92 Å². The van der Waals surface area contributed by atoms with Crippen molar-refractivity contribution in [1.82, 2.24) is 10.6 Å². The number of fused-ring (bicyclic) bond motifs is 1. The van der Waals surface area contributed by atoms with Crippen molar-refractivity contribution < 1.29 is 4.79 Å². The molecule has 0 spiro atoms. The highest BCUT2D eigenvalue weighted by Gasteiger charge is 2.12. The van der Waals surface area contributed by atoms with Crippen molar-refractivity contribution in [2.45, 2.75) is 19.9 Å². The second-order valence-corrected chi connectivity index (χ2v) is 6.09. The third kappa shape index (κ3) is 3.98. The number of carbonyl (C=O) groups excluding carboxylic acids is 1. The van der Waals surface area contributed by atoms with Crippen LogP contribution in [-0.4, -0.2) is 31.0 Å². The summed E-state index contributed by atoms with van der Waals surface area (Å²) in [5.74, 6) is 1.63. The van der Waals surface area contributed by atoms with Gasteiger partial charge in [0.1, 0.15) is 0 Å². The number of rotatable bonds is 5. The number of nitrogens with one attached hydrogen (secondary N) is 2. The van der Waals surface area contributed by atoms with E-state index in [4.69, 9.17) is 0 Å². The first-order chi connectivity index (χ1) is 9.20. The van der Waals surface area contributed by atoms with Gasteiger partial charge in [-0.05, 0) is 54.2 Å². The van der Waals surface area contributed by atoms with E-state index in [1.807, 2.05) is 23.9 Å². The lowest BCUT2D eigenvalue weighted by Gasteiger charge is -2.18. The van der Waals surface area contributed by atoms with Crippen LogP contribution in [0, 0.1) is 5.92 Å². The Hall–Kier alpha value is -1.00. The van der Waals surface area contributed by atoms with Gasteiger partial charge in [-0.25, -0.2) is 0 Å². The molecular weight excluding hydrogens is 256 g/mol. The molecule has 0 fully saturated rings. The fraction of sp³-hybridized carbons (Fsp3) is 0.533. The average Bonchev–Trinajstić information content (AvgIpc) is 2.44. The fourth-order valence-electron chi connectivity index (χ4n) is 2.33. The topological polar surface area (TPSA) is 41.1 Å². The van der Waals surface area contributed by atoms with Gasteiger partial charge in [-0.1, -0.05) is 13.0 Å². The summed E-state index contributed by atoms with van der Waals surface area (Å²) < 4.78 is 0. The Morgan fingerprint density at radius 2 is 2.32 bits per heavy atom. The summed E-state index contributed by atoms with van der Waals surface area (Å²) in [5.41, 5.74) is 3.40. The number of hydrogen-bond donors (Lipinski definition) is 2. The molecule has 3 nitrogen and oxygen atoms in total. The Morgan fingerprint density at radius 3 is 3.11 bits per heavy atom. The van der Waals surface area contributed by atoms with Crippen LogP contribution in [0.5, 0.6) is 0 Å². The van der Waals surface area contributed by atoms with Gasteiger partial charge in [-0.2, -0.15) is 11.8 Å². The first-order valence-electron chi connectivity index (χ1n) is 6.80. The molecule has 1 amide bonds. The lowest BCUT2D eigenvalue weighted by molar-refractivity contribution is 0.0949. The van der Waals surface area contributed by atoms with Crippen LogP contribution in [-0.2, 0) is 13.0 Å². The minimum Gasteiger partial charge on any atom is -0.352 e. The molecule has 0 aromatic heterocycles. The molecule has 104 valence electrons. The summed E-state index contributed by atoms with van der Waals surface area (Å²) in [4.78, 5) is 12.1.